The molecule has 1 aliphatic heterocycles. The number of sulfone groups is 1. The standard InChI is InChI=1S/C13H18BrNO4S2/c1-15(10-11-3-2-4-12(14)9-11)21(18,19)13-5-7-20(16,17)8-6-13/h2-4,9,13H,5-8,10H2,1H3. The van der Waals surface area contributed by atoms with Crippen LogP contribution in [0.15, 0.2) is 28.7 Å². The number of hydrogen-bond acceptors (Lipinski definition) is 4. The molecule has 0 radical (unpaired) electrons. The third-order valence-corrected chi connectivity index (χ3v) is 8.17. The van der Waals surface area contributed by atoms with E-state index in [4.69, 9.17) is 0 Å². The highest BCUT2D eigenvalue weighted by molar-refractivity contribution is 9.10. The fraction of sp³-hybridized carbons (Fsp3) is 0.538. The maximum Gasteiger partial charge on any atom is 0.217 e. The number of hydrogen-bond donors (Lipinski definition) is 0. The number of nitrogens with zero attached hydrogens (tertiary/aromatic N) is 1. The molecule has 1 fully saturated rings. The maximum absolute atomic E-state index is 12.5. The molecule has 5 nitrogen and oxygen atoms in total. The van der Waals surface area contributed by atoms with E-state index in [0.717, 1.165) is 10.0 Å². The summed E-state index contributed by atoms with van der Waals surface area (Å²) in [5.74, 6) is -0.0801. The monoisotopic (exact) mass is 395 g/mol. The van der Waals surface area contributed by atoms with Crippen LogP contribution in [0.3, 0.4) is 0 Å². The zero-order valence-electron chi connectivity index (χ0n) is 11.7. The molecule has 0 spiro atoms. The van der Waals surface area contributed by atoms with Crippen molar-refractivity contribution in [2.75, 3.05) is 18.6 Å². The minimum Gasteiger partial charge on any atom is -0.229 e. The number of rotatable bonds is 4. The van der Waals surface area contributed by atoms with Crippen LogP contribution >= 0.6 is 15.9 Å². The highest BCUT2D eigenvalue weighted by Crippen LogP contribution is 2.23. The van der Waals surface area contributed by atoms with Gasteiger partial charge in [-0.2, -0.15) is 0 Å². The van der Waals surface area contributed by atoms with Gasteiger partial charge in [0.1, 0.15) is 9.84 Å². The number of benzene rings is 1. The fourth-order valence-electron chi connectivity index (χ4n) is 2.40. The van der Waals surface area contributed by atoms with Crippen LogP contribution in [0.5, 0.6) is 0 Å². The lowest BCUT2D eigenvalue weighted by atomic mass is 10.2. The molecule has 118 valence electrons. The van der Waals surface area contributed by atoms with Crippen LogP contribution in [-0.2, 0) is 26.4 Å². The largest absolute Gasteiger partial charge is 0.229 e. The summed E-state index contributed by atoms with van der Waals surface area (Å²) >= 11 is 3.36. The second kappa shape index (κ2) is 6.36. The summed E-state index contributed by atoms with van der Waals surface area (Å²) in [6.45, 7) is 0.283. The first-order valence-electron chi connectivity index (χ1n) is 6.61. The van der Waals surface area contributed by atoms with Gasteiger partial charge in [0.2, 0.25) is 10.0 Å². The lowest BCUT2D eigenvalue weighted by Gasteiger charge is -2.27. The predicted octanol–water partition coefficient (Wildman–Crippen LogP) is 1.79. The van der Waals surface area contributed by atoms with E-state index in [1.54, 1.807) is 7.05 Å². The second-order valence-corrected chi connectivity index (χ2v) is 10.8. The second-order valence-electron chi connectivity index (χ2n) is 5.28. The van der Waals surface area contributed by atoms with Crippen molar-refractivity contribution in [2.24, 2.45) is 0 Å². The molecule has 2 rings (SSSR count). The number of halogens is 1. The highest BCUT2D eigenvalue weighted by Gasteiger charge is 2.35. The van der Waals surface area contributed by atoms with Gasteiger partial charge in [0, 0.05) is 18.1 Å². The molecule has 8 heteroatoms. The topological polar surface area (TPSA) is 71.5 Å². The molecule has 1 aliphatic rings. The Balaban J connectivity index is 2.09. The lowest BCUT2D eigenvalue weighted by molar-refractivity contribution is 0.448. The summed E-state index contributed by atoms with van der Waals surface area (Å²) in [6, 6.07) is 7.47. The molecule has 0 atom stereocenters. The van der Waals surface area contributed by atoms with Gasteiger partial charge in [0.25, 0.3) is 0 Å². The zero-order chi connectivity index (χ0) is 15.7. The molecule has 0 N–H and O–H groups in total. The number of sulfonamides is 1. The van der Waals surface area contributed by atoms with Gasteiger partial charge in [-0.1, -0.05) is 28.1 Å². The molecule has 1 saturated heterocycles. The van der Waals surface area contributed by atoms with Crippen molar-refractivity contribution in [1.82, 2.24) is 4.31 Å². The highest BCUT2D eigenvalue weighted by atomic mass is 79.9. The van der Waals surface area contributed by atoms with Gasteiger partial charge in [-0.05, 0) is 30.5 Å². The van der Waals surface area contributed by atoms with Crippen LogP contribution in [0.1, 0.15) is 18.4 Å². The van der Waals surface area contributed by atoms with Crippen LogP contribution < -0.4 is 0 Å². The van der Waals surface area contributed by atoms with E-state index < -0.39 is 25.1 Å². The van der Waals surface area contributed by atoms with E-state index >= 15 is 0 Å². The Morgan fingerprint density at radius 1 is 1.29 bits per heavy atom. The molecular formula is C13H18BrNO4S2. The molecule has 21 heavy (non-hydrogen) atoms. The van der Waals surface area contributed by atoms with Gasteiger partial charge in [0.05, 0.1) is 16.8 Å². The van der Waals surface area contributed by atoms with Crippen molar-refractivity contribution < 1.29 is 16.8 Å². The molecule has 0 aromatic heterocycles. The van der Waals surface area contributed by atoms with Crippen LogP contribution in [0, 0.1) is 0 Å². The lowest BCUT2D eigenvalue weighted by Crippen LogP contribution is -2.40. The van der Waals surface area contributed by atoms with E-state index in [2.05, 4.69) is 15.9 Å². The Bertz CT molecular complexity index is 701. The third kappa shape index (κ3) is 4.28. The Kier molecular flexibility index (Phi) is 5.12. The SMILES string of the molecule is CN(Cc1cccc(Br)c1)S(=O)(=O)C1CCS(=O)(=O)CC1. The summed E-state index contributed by atoms with van der Waals surface area (Å²) < 4.78 is 50.0. The van der Waals surface area contributed by atoms with Gasteiger partial charge < -0.3 is 0 Å². The first kappa shape index (κ1) is 16.9. The smallest absolute Gasteiger partial charge is 0.217 e. The van der Waals surface area contributed by atoms with Crippen molar-refractivity contribution in [3.05, 3.63) is 34.3 Å². The van der Waals surface area contributed by atoms with Crippen molar-refractivity contribution >= 4 is 35.8 Å². The van der Waals surface area contributed by atoms with Gasteiger partial charge >= 0.3 is 0 Å². The summed E-state index contributed by atoms with van der Waals surface area (Å²) in [7, 11) is -4.98. The third-order valence-electron chi connectivity index (χ3n) is 3.65. The molecule has 0 amide bonds. The van der Waals surface area contributed by atoms with E-state index in [0.29, 0.717) is 0 Å². The summed E-state index contributed by atoms with van der Waals surface area (Å²) in [5, 5.41) is -0.599. The normalized spacial score (nSPS) is 19.8. The van der Waals surface area contributed by atoms with Crippen molar-refractivity contribution in [1.29, 1.82) is 0 Å². The first-order valence-corrected chi connectivity index (χ1v) is 10.7. The maximum atomic E-state index is 12.5. The predicted molar refractivity (Wildman–Crippen MR) is 86.2 cm³/mol. The van der Waals surface area contributed by atoms with Crippen molar-refractivity contribution in [3.63, 3.8) is 0 Å². The van der Waals surface area contributed by atoms with Crippen LogP contribution in [0.2, 0.25) is 0 Å². The molecule has 1 aromatic carbocycles. The van der Waals surface area contributed by atoms with E-state index in [-0.39, 0.29) is 30.9 Å². The average molecular weight is 396 g/mol. The Hall–Kier alpha value is -0.440. The molecule has 0 saturated carbocycles. The summed E-state index contributed by atoms with van der Waals surface area (Å²) in [5.41, 5.74) is 0.888. The molecule has 0 bridgehead atoms. The minimum atomic E-state index is -3.47. The summed E-state index contributed by atoms with van der Waals surface area (Å²) in [6.07, 6.45) is 0.376. The molecular weight excluding hydrogens is 378 g/mol. The van der Waals surface area contributed by atoms with Gasteiger partial charge in [-0.15, -0.1) is 0 Å². The first-order chi connectivity index (χ1) is 9.71. The van der Waals surface area contributed by atoms with Crippen molar-refractivity contribution in [3.8, 4) is 0 Å². The summed E-state index contributed by atoms with van der Waals surface area (Å²) in [4.78, 5) is 0. The van der Waals surface area contributed by atoms with Gasteiger partial charge in [-0.3, -0.25) is 0 Å². The zero-order valence-corrected chi connectivity index (χ0v) is 14.9. The minimum absolute atomic E-state index is 0.0401. The van der Waals surface area contributed by atoms with E-state index in [1.165, 1.54) is 4.31 Å². The van der Waals surface area contributed by atoms with E-state index in [9.17, 15) is 16.8 Å². The van der Waals surface area contributed by atoms with Crippen LogP contribution in [0.4, 0.5) is 0 Å². The quantitative estimate of drug-likeness (QED) is 0.778. The van der Waals surface area contributed by atoms with Crippen LogP contribution in [-0.4, -0.2) is 44.9 Å². The molecule has 1 heterocycles. The Morgan fingerprint density at radius 3 is 2.48 bits per heavy atom. The average Bonchev–Trinajstić information content (AvgIpc) is 2.38. The fourth-order valence-corrected chi connectivity index (χ4v) is 6.31. The molecule has 0 unspecified atom stereocenters. The van der Waals surface area contributed by atoms with Crippen molar-refractivity contribution in [2.45, 2.75) is 24.6 Å². The Morgan fingerprint density at radius 2 is 1.90 bits per heavy atom. The van der Waals surface area contributed by atoms with E-state index in [1.807, 2.05) is 24.3 Å². The molecule has 1 aromatic rings. The van der Waals surface area contributed by atoms with Crippen LogP contribution in [0.25, 0.3) is 0 Å². The molecule has 0 aliphatic carbocycles. The van der Waals surface area contributed by atoms with Gasteiger partial charge in [0.15, 0.2) is 0 Å². The Labute approximate surface area is 134 Å². The van der Waals surface area contributed by atoms with Gasteiger partial charge in [-0.25, -0.2) is 21.1 Å².